The number of carbonyl (C=O) groups is 1. The van der Waals surface area contributed by atoms with Crippen LogP contribution in [0.1, 0.15) is 4.88 Å². The molecule has 3 nitrogen and oxygen atoms in total. The maximum absolute atomic E-state index is 10.5. The van der Waals surface area contributed by atoms with Crippen LogP contribution in [-0.2, 0) is 6.54 Å². The van der Waals surface area contributed by atoms with E-state index in [-0.39, 0.29) is 0 Å². The minimum Gasteiger partial charge on any atom is -0.465 e. The lowest BCUT2D eigenvalue weighted by molar-refractivity contribution is 0.194. The van der Waals surface area contributed by atoms with E-state index in [9.17, 15) is 4.79 Å². The molecule has 0 aliphatic carbocycles. The fourth-order valence-corrected chi connectivity index (χ4v) is 4.22. The number of carboxylic acid groups (broad SMARTS) is 1. The zero-order valence-electron chi connectivity index (χ0n) is 12.2. The van der Waals surface area contributed by atoms with Crippen LogP contribution in [-0.4, -0.2) is 11.2 Å². The Morgan fingerprint density at radius 3 is 2.35 bits per heavy atom. The molecule has 0 bridgehead atoms. The first kappa shape index (κ1) is 15.6. The van der Waals surface area contributed by atoms with Gasteiger partial charge in [0.05, 0.1) is 10.8 Å². The Hall–Kier alpha value is -2.24. The van der Waals surface area contributed by atoms with Crippen molar-refractivity contribution in [2.24, 2.45) is 0 Å². The van der Waals surface area contributed by atoms with Crippen molar-refractivity contribution in [1.29, 1.82) is 0 Å². The minimum absolute atomic E-state index is 0.355. The second-order valence-electron chi connectivity index (χ2n) is 4.87. The van der Waals surface area contributed by atoms with Gasteiger partial charge in [0.2, 0.25) is 0 Å². The number of benzene rings is 2. The smallest absolute Gasteiger partial charge is 0.404 e. The SMILES string of the molecule is O=C(O)NCc1ccc(Sc2ccc(-c3ccccc3)cc2)s1. The van der Waals surface area contributed by atoms with Gasteiger partial charge in [0.25, 0.3) is 0 Å². The lowest BCUT2D eigenvalue weighted by Crippen LogP contribution is -2.19. The molecule has 0 fully saturated rings. The first-order chi connectivity index (χ1) is 11.2. The summed E-state index contributed by atoms with van der Waals surface area (Å²) in [6.07, 6.45) is -0.996. The van der Waals surface area contributed by atoms with Gasteiger partial charge in [-0.3, -0.25) is 0 Å². The molecule has 5 heteroatoms. The van der Waals surface area contributed by atoms with Gasteiger partial charge < -0.3 is 10.4 Å². The zero-order chi connectivity index (χ0) is 16.1. The van der Waals surface area contributed by atoms with Crippen molar-refractivity contribution >= 4 is 29.2 Å². The van der Waals surface area contributed by atoms with Gasteiger partial charge >= 0.3 is 6.09 Å². The van der Waals surface area contributed by atoms with Gasteiger partial charge in [-0.25, -0.2) is 4.79 Å². The largest absolute Gasteiger partial charge is 0.465 e. The molecule has 3 aromatic rings. The molecule has 1 amide bonds. The minimum atomic E-state index is -0.996. The Morgan fingerprint density at radius 1 is 0.957 bits per heavy atom. The number of thiophene rings is 1. The Balaban J connectivity index is 1.65. The van der Waals surface area contributed by atoms with E-state index in [2.05, 4.69) is 41.7 Å². The zero-order valence-corrected chi connectivity index (χ0v) is 13.9. The van der Waals surface area contributed by atoms with Gasteiger partial charge in [-0.05, 0) is 35.4 Å². The summed E-state index contributed by atoms with van der Waals surface area (Å²) in [4.78, 5) is 12.7. The van der Waals surface area contributed by atoms with E-state index in [1.165, 1.54) is 16.0 Å². The predicted octanol–water partition coefficient (Wildman–Crippen LogP) is 5.33. The predicted molar refractivity (Wildman–Crippen MR) is 95.2 cm³/mol. The summed E-state index contributed by atoms with van der Waals surface area (Å²) in [5.41, 5.74) is 2.41. The van der Waals surface area contributed by atoms with E-state index in [1.54, 1.807) is 23.1 Å². The average molecular weight is 341 g/mol. The van der Waals surface area contributed by atoms with Gasteiger partial charge in [-0.2, -0.15) is 0 Å². The highest BCUT2D eigenvalue weighted by atomic mass is 32.2. The van der Waals surface area contributed by atoms with Gasteiger partial charge in [-0.15, -0.1) is 11.3 Å². The molecule has 3 rings (SSSR count). The average Bonchev–Trinajstić information content (AvgIpc) is 3.02. The standard InChI is InChI=1S/C18H15NO2S2/c20-18(21)19-12-16-10-11-17(23-16)22-15-8-6-14(7-9-15)13-4-2-1-3-5-13/h1-11,19H,12H2,(H,20,21). The highest BCUT2D eigenvalue weighted by Crippen LogP contribution is 2.34. The van der Waals surface area contributed by atoms with Crippen molar-refractivity contribution in [3.8, 4) is 11.1 Å². The Labute approximate surface area is 143 Å². The summed E-state index contributed by atoms with van der Waals surface area (Å²) in [6, 6.07) is 22.8. The van der Waals surface area contributed by atoms with Crippen molar-refractivity contribution in [3.63, 3.8) is 0 Å². The molecular formula is C18H15NO2S2. The third-order valence-electron chi connectivity index (χ3n) is 3.23. The molecule has 116 valence electrons. The highest BCUT2D eigenvalue weighted by Gasteiger charge is 2.04. The molecule has 2 aromatic carbocycles. The van der Waals surface area contributed by atoms with Crippen LogP contribution in [0.2, 0.25) is 0 Å². The number of rotatable bonds is 5. The van der Waals surface area contributed by atoms with Crippen LogP contribution in [0.4, 0.5) is 4.79 Å². The molecule has 0 saturated carbocycles. The van der Waals surface area contributed by atoms with Crippen LogP contribution < -0.4 is 5.32 Å². The maximum atomic E-state index is 10.5. The van der Waals surface area contributed by atoms with Crippen LogP contribution in [0, 0.1) is 0 Å². The first-order valence-corrected chi connectivity index (χ1v) is 8.73. The number of amides is 1. The molecule has 2 N–H and O–H groups in total. The third-order valence-corrected chi connectivity index (χ3v) is 5.46. The van der Waals surface area contributed by atoms with Crippen molar-refractivity contribution in [1.82, 2.24) is 5.32 Å². The summed E-state index contributed by atoms with van der Waals surface area (Å²) in [5.74, 6) is 0. The molecule has 23 heavy (non-hydrogen) atoms. The molecule has 0 spiro atoms. The lowest BCUT2D eigenvalue weighted by atomic mass is 10.1. The van der Waals surface area contributed by atoms with Gasteiger partial charge in [0, 0.05) is 9.77 Å². The van der Waals surface area contributed by atoms with Crippen LogP contribution in [0.5, 0.6) is 0 Å². The van der Waals surface area contributed by atoms with Crippen LogP contribution in [0.15, 0.2) is 75.8 Å². The lowest BCUT2D eigenvalue weighted by Gasteiger charge is -2.03. The number of hydrogen-bond donors (Lipinski definition) is 2. The second kappa shape index (κ2) is 7.35. The van der Waals surface area contributed by atoms with Crippen molar-refractivity contribution in [2.75, 3.05) is 0 Å². The fraction of sp³-hybridized carbons (Fsp3) is 0.0556. The van der Waals surface area contributed by atoms with E-state index in [1.807, 2.05) is 30.3 Å². The molecule has 0 aliphatic rings. The molecule has 0 aliphatic heterocycles. The van der Waals surface area contributed by atoms with Gasteiger partial charge in [0.1, 0.15) is 0 Å². The third kappa shape index (κ3) is 4.37. The highest BCUT2D eigenvalue weighted by molar-refractivity contribution is 8.01. The molecule has 1 heterocycles. The van der Waals surface area contributed by atoms with Gasteiger partial charge in [0.15, 0.2) is 0 Å². The summed E-state index contributed by atoms with van der Waals surface area (Å²) < 4.78 is 1.15. The summed E-state index contributed by atoms with van der Waals surface area (Å²) in [5, 5.41) is 11.0. The molecule has 0 radical (unpaired) electrons. The number of hydrogen-bond acceptors (Lipinski definition) is 3. The van der Waals surface area contributed by atoms with Crippen LogP contribution in [0.25, 0.3) is 11.1 Å². The van der Waals surface area contributed by atoms with E-state index in [0.29, 0.717) is 6.54 Å². The van der Waals surface area contributed by atoms with E-state index < -0.39 is 6.09 Å². The molecule has 0 saturated heterocycles. The number of nitrogens with one attached hydrogen (secondary N) is 1. The fourth-order valence-electron chi connectivity index (χ4n) is 2.13. The summed E-state index contributed by atoms with van der Waals surface area (Å²) in [7, 11) is 0. The Bertz CT molecular complexity index is 782. The Kier molecular flexibility index (Phi) is 5.00. The van der Waals surface area contributed by atoms with Crippen LogP contribution in [0.3, 0.4) is 0 Å². The van der Waals surface area contributed by atoms with Crippen molar-refractivity contribution in [2.45, 2.75) is 15.6 Å². The topological polar surface area (TPSA) is 49.3 Å². The van der Waals surface area contributed by atoms with Crippen molar-refractivity contribution < 1.29 is 9.90 Å². The monoisotopic (exact) mass is 341 g/mol. The van der Waals surface area contributed by atoms with E-state index >= 15 is 0 Å². The van der Waals surface area contributed by atoms with E-state index in [0.717, 1.165) is 9.09 Å². The van der Waals surface area contributed by atoms with Crippen molar-refractivity contribution in [3.05, 3.63) is 71.6 Å². The maximum Gasteiger partial charge on any atom is 0.404 e. The molecule has 0 atom stereocenters. The van der Waals surface area contributed by atoms with E-state index in [4.69, 9.17) is 5.11 Å². The summed E-state index contributed by atoms with van der Waals surface area (Å²) in [6.45, 7) is 0.355. The Morgan fingerprint density at radius 2 is 1.65 bits per heavy atom. The van der Waals surface area contributed by atoms with Crippen LogP contribution >= 0.6 is 23.1 Å². The quantitative estimate of drug-likeness (QED) is 0.659. The normalized spacial score (nSPS) is 10.4. The molecule has 1 aromatic heterocycles. The first-order valence-electron chi connectivity index (χ1n) is 7.09. The second-order valence-corrected chi connectivity index (χ2v) is 7.41. The van der Waals surface area contributed by atoms with Gasteiger partial charge in [-0.1, -0.05) is 54.2 Å². The summed E-state index contributed by atoms with van der Waals surface area (Å²) >= 11 is 3.30. The molecule has 0 unspecified atom stereocenters. The molecular weight excluding hydrogens is 326 g/mol.